The molecule has 10 heteroatoms. The Morgan fingerprint density at radius 2 is 1.37 bits per heavy atom. The molecule has 10 nitrogen and oxygen atoms in total. The van der Waals surface area contributed by atoms with Crippen LogP contribution in [-0.2, 0) is 20.8 Å². The van der Waals surface area contributed by atoms with E-state index < -0.39 is 24.0 Å². The van der Waals surface area contributed by atoms with Gasteiger partial charge in [0.15, 0.2) is 5.96 Å². The number of carbonyl (C=O) groups excluding carboxylic acids is 2. The molecule has 0 heterocycles. The maximum atomic E-state index is 13.5. The number of benzene rings is 1. The van der Waals surface area contributed by atoms with E-state index in [0.29, 0.717) is 19.5 Å². The van der Waals surface area contributed by atoms with E-state index in [1.807, 2.05) is 0 Å². The van der Waals surface area contributed by atoms with Crippen molar-refractivity contribution in [2.45, 2.75) is 135 Å². The van der Waals surface area contributed by atoms with Crippen molar-refractivity contribution in [1.82, 2.24) is 15.5 Å². The van der Waals surface area contributed by atoms with Crippen molar-refractivity contribution >= 4 is 23.7 Å². The van der Waals surface area contributed by atoms with Crippen molar-refractivity contribution in [2.75, 3.05) is 13.1 Å². The van der Waals surface area contributed by atoms with Crippen LogP contribution in [0.2, 0.25) is 0 Å². The predicted octanol–water partition coefficient (Wildman–Crippen LogP) is 5.47. The van der Waals surface area contributed by atoms with Crippen LogP contribution in [0.15, 0.2) is 24.3 Å². The summed E-state index contributed by atoms with van der Waals surface area (Å²) in [5.74, 6) is -2.04. The Labute approximate surface area is 258 Å². The fourth-order valence-corrected chi connectivity index (χ4v) is 5.26. The van der Waals surface area contributed by atoms with Crippen LogP contribution in [0.1, 0.15) is 122 Å². The van der Waals surface area contributed by atoms with Crippen molar-refractivity contribution in [1.29, 1.82) is 5.41 Å². The third kappa shape index (κ3) is 18.1. The average molecular weight is 604 g/mol. The molecule has 0 aliphatic heterocycles. The van der Waals surface area contributed by atoms with Gasteiger partial charge in [-0.25, -0.2) is 4.79 Å². The summed E-state index contributed by atoms with van der Waals surface area (Å²) in [5, 5.41) is 31.9. The highest BCUT2D eigenvalue weighted by atomic mass is 16.4. The van der Waals surface area contributed by atoms with Crippen molar-refractivity contribution in [3.05, 3.63) is 29.8 Å². The molecule has 43 heavy (non-hydrogen) atoms. The Morgan fingerprint density at radius 3 is 1.84 bits per heavy atom. The molecular weight excluding hydrogens is 546 g/mol. The van der Waals surface area contributed by atoms with Crippen LogP contribution in [0.4, 0.5) is 0 Å². The Kier molecular flexibility index (Phi) is 20.3. The zero-order valence-corrected chi connectivity index (χ0v) is 26.5. The van der Waals surface area contributed by atoms with Gasteiger partial charge in [0.05, 0.1) is 0 Å². The topological polar surface area (TPSA) is 169 Å². The first-order chi connectivity index (χ1) is 20.6. The highest BCUT2D eigenvalue weighted by Gasteiger charge is 2.31. The van der Waals surface area contributed by atoms with Crippen LogP contribution < -0.4 is 16.4 Å². The van der Waals surface area contributed by atoms with E-state index in [9.17, 15) is 24.6 Å². The van der Waals surface area contributed by atoms with Crippen LogP contribution in [0.5, 0.6) is 5.75 Å². The number of unbranched alkanes of at least 4 members (excludes halogenated alkanes) is 13. The fraction of sp³-hybridized carbons (Fsp3) is 0.697. The molecule has 1 aromatic carbocycles. The number of hydrogen-bond donors (Lipinski definition) is 6. The van der Waals surface area contributed by atoms with Crippen molar-refractivity contribution < 1.29 is 24.6 Å². The minimum absolute atomic E-state index is 0.0979. The number of aliphatic carboxylic acids is 1. The summed E-state index contributed by atoms with van der Waals surface area (Å²) < 4.78 is 0. The van der Waals surface area contributed by atoms with E-state index in [0.717, 1.165) is 31.2 Å². The lowest BCUT2D eigenvalue weighted by atomic mass is 10.0. The molecule has 0 spiro atoms. The number of rotatable bonds is 25. The van der Waals surface area contributed by atoms with Gasteiger partial charge >= 0.3 is 5.97 Å². The number of nitrogens with one attached hydrogen (secondary N) is 3. The number of amides is 2. The lowest BCUT2D eigenvalue weighted by Crippen LogP contribution is -2.54. The highest BCUT2D eigenvalue weighted by molar-refractivity contribution is 5.90. The van der Waals surface area contributed by atoms with Gasteiger partial charge in [0.25, 0.3) is 0 Å². The van der Waals surface area contributed by atoms with Crippen LogP contribution in [0.3, 0.4) is 0 Å². The molecule has 1 aromatic rings. The summed E-state index contributed by atoms with van der Waals surface area (Å²) in [4.78, 5) is 39.7. The third-order valence-electron chi connectivity index (χ3n) is 7.80. The summed E-state index contributed by atoms with van der Waals surface area (Å²) in [6.45, 7) is 4.40. The zero-order chi connectivity index (χ0) is 31.9. The number of carbonyl (C=O) groups is 3. The number of aromatic hydroxyl groups is 1. The Bertz CT molecular complexity index is 940. The second-order valence-electron chi connectivity index (χ2n) is 11.6. The van der Waals surface area contributed by atoms with Gasteiger partial charge in [0, 0.05) is 26.4 Å². The van der Waals surface area contributed by atoms with Gasteiger partial charge in [-0.1, -0.05) is 103 Å². The van der Waals surface area contributed by atoms with Gasteiger partial charge in [-0.2, -0.15) is 0 Å². The molecule has 0 aromatic heterocycles. The molecule has 0 aliphatic rings. The van der Waals surface area contributed by atoms with E-state index >= 15 is 0 Å². The number of guanidine groups is 1. The Hall–Kier alpha value is -3.30. The summed E-state index contributed by atoms with van der Waals surface area (Å²) in [6, 6.07) is 4.42. The lowest BCUT2D eigenvalue weighted by molar-refractivity contribution is -0.144. The first kappa shape index (κ1) is 37.7. The fourth-order valence-electron chi connectivity index (χ4n) is 5.26. The molecule has 0 saturated heterocycles. The van der Waals surface area contributed by atoms with E-state index in [1.54, 1.807) is 17.0 Å². The third-order valence-corrected chi connectivity index (χ3v) is 7.80. The smallest absolute Gasteiger partial charge is 0.326 e. The number of carboxylic acids is 1. The van der Waals surface area contributed by atoms with Crippen LogP contribution in [0, 0.1) is 5.41 Å². The molecule has 0 radical (unpaired) electrons. The first-order valence-corrected chi connectivity index (χ1v) is 16.3. The normalized spacial score (nSPS) is 12.3. The van der Waals surface area contributed by atoms with Gasteiger partial charge in [0.2, 0.25) is 11.8 Å². The van der Waals surface area contributed by atoms with Crippen LogP contribution >= 0.6 is 0 Å². The van der Waals surface area contributed by atoms with Gasteiger partial charge in [0.1, 0.15) is 17.8 Å². The summed E-state index contributed by atoms with van der Waals surface area (Å²) >= 11 is 0. The summed E-state index contributed by atoms with van der Waals surface area (Å²) in [7, 11) is 0. The number of nitrogens with zero attached hydrogens (tertiary/aromatic N) is 1. The maximum absolute atomic E-state index is 13.5. The monoisotopic (exact) mass is 603 g/mol. The molecule has 0 fully saturated rings. The predicted molar refractivity (Wildman–Crippen MR) is 172 cm³/mol. The second kappa shape index (κ2) is 23.2. The average Bonchev–Trinajstić information content (AvgIpc) is 2.96. The number of nitrogens with two attached hydrogens (primary N) is 1. The van der Waals surface area contributed by atoms with Gasteiger partial charge in [-0.05, 0) is 37.0 Å². The quantitative estimate of drug-likeness (QED) is 0.0489. The molecule has 2 unspecified atom stereocenters. The summed E-state index contributed by atoms with van der Waals surface area (Å²) in [5.41, 5.74) is 6.03. The minimum Gasteiger partial charge on any atom is -0.508 e. The Morgan fingerprint density at radius 1 is 0.860 bits per heavy atom. The molecular formula is C33H57N5O5. The van der Waals surface area contributed by atoms with Crippen molar-refractivity contribution in [3.63, 3.8) is 0 Å². The molecule has 0 bridgehead atoms. The molecule has 0 aliphatic carbocycles. The summed E-state index contributed by atoms with van der Waals surface area (Å²) in [6.07, 6.45) is 17.8. The molecule has 244 valence electrons. The SMILES string of the molecule is CCCCCCCCCCCCCCCCN(C(C)=O)C(Cc1ccc(O)cc1)C(=O)NC(CCCNC(=N)N)C(=O)O. The van der Waals surface area contributed by atoms with Gasteiger partial charge < -0.3 is 31.5 Å². The standard InChI is InChI=1S/C33H57N5O5/c1-3-4-5-6-7-8-9-10-11-12-13-14-15-16-24-38(26(2)39)30(25-27-19-21-28(40)22-20-27)31(41)37-29(32(42)43)18-17-23-36-33(34)35/h19-22,29-30,40H,3-18,23-25H2,1-2H3,(H,37,41)(H,42,43)(H4,34,35,36). The molecule has 2 atom stereocenters. The number of phenols is 1. The largest absolute Gasteiger partial charge is 0.508 e. The van der Waals surface area contributed by atoms with E-state index in [1.165, 1.54) is 83.3 Å². The highest BCUT2D eigenvalue weighted by Crippen LogP contribution is 2.17. The van der Waals surface area contributed by atoms with Crippen molar-refractivity contribution in [3.8, 4) is 5.75 Å². The van der Waals surface area contributed by atoms with Crippen molar-refractivity contribution in [2.24, 2.45) is 5.73 Å². The van der Waals surface area contributed by atoms with E-state index in [4.69, 9.17) is 11.1 Å². The molecule has 1 rings (SSSR count). The molecule has 7 N–H and O–H groups in total. The zero-order valence-electron chi connectivity index (χ0n) is 26.5. The van der Waals surface area contributed by atoms with Crippen LogP contribution in [0.25, 0.3) is 0 Å². The number of carboxylic acid groups (broad SMARTS) is 1. The molecule has 0 saturated carbocycles. The van der Waals surface area contributed by atoms with E-state index in [2.05, 4.69) is 17.6 Å². The van der Waals surface area contributed by atoms with Crippen LogP contribution in [-0.4, -0.2) is 64.0 Å². The lowest BCUT2D eigenvalue weighted by Gasteiger charge is -2.31. The number of hydrogen-bond acceptors (Lipinski definition) is 5. The maximum Gasteiger partial charge on any atom is 0.326 e. The molecule has 2 amide bonds. The second-order valence-corrected chi connectivity index (χ2v) is 11.6. The first-order valence-electron chi connectivity index (χ1n) is 16.3. The van der Waals surface area contributed by atoms with Gasteiger partial charge in [-0.3, -0.25) is 15.0 Å². The number of phenolic OH excluding ortho intramolecular Hbond substituents is 1. The van der Waals surface area contributed by atoms with E-state index in [-0.39, 0.29) is 30.5 Å². The van der Waals surface area contributed by atoms with Gasteiger partial charge in [-0.15, -0.1) is 0 Å². The Balaban J connectivity index is 2.64. The minimum atomic E-state index is -1.17.